The average Bonchev–Trinajstić information content (AvgIpc) is 2.44. The van der Waals surface area contributed by atoms with Crippen LogP contribution in [-0.2, 0) is 0 Å². The van der Waals surface area contributed by atoms with Crippen LogP contribution in [0.25, 0.3) is 0 Å². The molecule has 112 valence electrons. The van der Waals surface area contributed by atoms with Crippen LogP contribution >= 0.6 is 11.6 Å². The van der Waals surface area contributed by atoms with E-state index in [4.69, 9.17) is 16.3 Å². The number of nitrogens with zero attached hydrogens (tertiary/aromatic N) is 1. The molecule has 0 spiro atoms. The third kappa shape index (κ3) is 4.29. The summed E-state index contributed by atoms with van der Waals surface area (Å²) >= 11 is 6.10. The molecule has 0 bridgehead atoms. The molecule has 4 heteroatoms. The van der Waals surface area contributed by atoms with Crippen LogP contribution in [0, 0.1) is 0 Å². The van der Waals surface area contributed by atoms with Crippen molar-refractivity contribution in [3.63, 3.8) is 0 Å². The number of rotatable bonds is 6. The zero-order valence-electron chi connectivity index (χ0n) is 12.5. The predicted molar refractivity (Wildman–Crippen MR) is 86.0 cm³/mol. The first-order valence-electron chi connectivity index (χ1n) is 7.64. The Balaban J connectivity index is 1.95. The third-order valence-electron chi connectivity index (χ3n) is 3.73. The fraction of sp³-hybridized carbons (Fsp3) is 0.625. The fourth-order valence-corrected chi connectivity index (χ4v) is 2.91. The molecule has 0 saturated carbocycles. The molecule has 0 amide bonds. The summed E-state index contributed by atoms with van der Waals surface area (Å²) in [6, 6.07) is 6.30. The van der Waals surface area contributed by atoms with Crippen LogP contribution in [0.1, 0.15) is 33.1 Å². The molecule has 3 nitrogen and oxygen atoms in total. The quantitative estimate of drug-likeness (QED) is 0.858. The van der Waals surface area contributed by atoms with E-state index in [0.29, 0.717) is 12.6 Å². The van der Waals surface area contributed by atoms with Crippen molar-refractivity contribution in [3.8, 4) is 5.75 Å². The third-order valence-corrected chi connectivity index (χ3v) is 3.96. The highest BCUT2D eigenvalue weighted by Crippen LogP contribution is 2.30. The van der Waals surface area contributed by atoms with Crippen molar-refractivity contribution in [1.82, 2.24) is 4.90 Å². The van der Waals surface area contributed by atoms with Crippen LogP contribution in [0.2, 0.25) is 5.02 Å². The minimum Gasteiger partial charge on any atom is -0.492 e. The molecule has 0 aromatic heterocycles. The summed E-state index contributed by atoms with van der Waals surface area (Å²) < 4.78 is 5.66. The van der Waals surface area contributed by atoms with E-state index in [9.17, 15) is 0 Å². The monoisotopic (exact) mass is 296 g/mol. The molecule has 1 fully saturated rings. The first-order valence-corrected chi connectivity index (χ1v) is 8.02. The van der Waals surface area contributed by atoms with E-state index in [1.807, 2.05) is 25.1 Å². The largest absolute Gasteiger partial charge is 0.492 e. The Morgan fingerprint density at radius 2 is 2.05 bits per heavy atom. The summed E-state index contributed by atoms with van der Waals surface area (Å²) in [7, 11) is 0. The molecule has 0 atom stereocenters. The van der Waals surface area contributed by atoms with Gasteiger partial charge in [0.2, 0.25) is 0 Å². The van der Waals surface area contributed by atoms with Gasteiger partial charge in [-0.1, -0.05) is 18.5 Å². The minimum atomic E-state index is 0.515. The van der Waals surface area contributed by atoms with Crippen molar-refractivity contribution in [1.29, 1.82) is 0 Å². The number of ether oxygens (including phenoxy) is 1. The Hall–Kier alpha value is -0.930. The Bertz CT molecular complexity index is 417. The number of hydrogen-bond donors (Lipinski definition) is 1. The van der Waals surface area contributed by atoms with E-state index in [1.54, 1.807) is 0 Å². The summed E-state index contributed by atoms with van der Waals surface area (Å²) in [6.07, 6.45) is 3.59. The van der Waals surface area contributed by atoms with Crippen molar-refractivity contribution in [3.05, 3.63) is 23.2 Å². The molecule has 0 radical (unpaired) electrons. The standard InChI is InChI=1S/C16H25ClN2O/c1-3-9-19-10-7-14(8-11-19)18-15-12-13(17)5-6-16(15)20-4-2/h5-6,12,14,18H,3-4,7-11H2,1-2H3. The first kappa shape index (κ1) is 15.5. The van der Waals surface area contributed by atoms with Gasteiger partial charge in [0, 0.05) is 24.2 Å². The molecule has 1 heterocycles. The van der Waals surface area contributed by atoms with Gasteiger partial charge in [-0.2, -0.15) is 0 Å². The van der Waals surface area contributed by atoms with Gasteiger partial charge in [0.15, 0.2) is 0 Å². The van der Waals surface area contributed by atoms with Gasteiger partial charge in [-0.15, -0.1) is 0 Å². The van der Waals surface area contributed by atoms with Crippen molar-refractivity contribution < 1.29 is 4.74 Å². The maximum absolute atomic E-state index is 6.10. The van der Waals surface area contributed by atoms with Gasteiger partial charge in [0.25, 0.3) is 0 Å². The van der Waals surface area contributed by atoms with E-state index < -0.39 is 0 Å². The summed E-state index contributed by atoms with van der Waals surface area (Å²) in [6.45, 7) is 8.48. The zero-order valence-corrected chi connectivity index (χ0v) is 13.2. The zero-order chi connectivity index (χ0) is 14.4. The molecule has 2 rings (SSSR count). The van der Waals surface area contributed by atoms with Crippen LogP contribution < -0.4 is 10.1 Å². The molecule has 0 unspecified atom stereocenters. The Labute approximate surface area is 127 Å². The van der Waals surface area contributed by atoms with Gasteiger partial charge in [-0.3, -0.25) is 0 Å². The topological polar surface area (TPSA) is 24.5 Å². The van der Waals surface area contributed by atoms with Crippen molar-refractivity contribution in [2.45, 2.75) is 39.2 Å². The Morgan fingerprint density at radius 1 is 1.30 bits per heavy atom. The summed E-state index contributed by atoms with van der Waals surface area (Å²) in [4.78, 5) is 2.54. The number of hydrogen-bond acceptors (Lipinski definition) is 3. The maximum Gasteiger partial charge on any atom is 0.142 e. The SMILES string of the molecule is CCCN1CCC(Nc2cc(Cl)ccc2OCC)CC1. The van der Waals surface area contributed by atoms with Crippen LogP contribution in [0.3, 0.4) is 0 Å². The molecule has 1 saturated heterocycles. The second-order valence-electron chi connectivity index (χ2n) is 5.33. The number of halogens is 1. The van der Waals surface area contributed by atoms with Gasteiger partial charge in [-0.25, -0.2) is 0 Å². The molecular weight excluding hydrogens is 272 g/mol. The summed E-state index contributed by atoms with van der Waals surface area (Å²) in [5.41, 5.74) is 1.02. The molecule has 1 aliphatic rings. The molecule has 0 aliphatic carbocycles. The van der Waals surface area contributed by atoms with Gasteiger partial charge in [0.05, 0.1) is 12.3 Å². The number of anilines is 1. The lowest BCUT2D eigenvalue weighted by Gasteiger charge is -2.33. The van der Waals surface area contributed by atoms with Gasteiger partial charge in [0.1, 0.15) is 5.75 Å². The van der Waals surface area contributed by atoms with E-state index >= 15 is 0 Å². The Kier molecular flexibility index (Phi) is 5.99. The highest BCUT2D eigenvalue weighted by molar-refractivity contribution is 6.30. The molecule has 1 aromatic carbocycles. The van der Waals surface area contributed by atoms with E-state index in [-0.39, 0.29) is 0 Å². The summed E-state index contributed by atoms with van der Waals surface area (Å²) in [5.74, 6) is 0.896. The average molecular weight is 297 g/mol. The predicted octanol–water partition coefficient (Wildman–Crippen LogP) is 4.03. The van der Waals surface area contributed by atoms with Crippen molar-refractivity contribution in [2.75, 3.05) is 31.6 Å². The number of likely N-dealkylation sites (tertiary alicyclic amines) is 1. The lowest BCUT2D eigenvalue weighted by atomic mass is 10.0. The van der Waals surface area contributed by atoms with E-state index in [0.717, 1.165) is 16.5 Å². The van der Waals surface area contributed by atoms with Crippen molar-refractivity contribution in [2.24, 2.45) is 0 Å². The Morgan fingerprint density at radius 3 is 2.70 bits per heavy atom. The normalized spacial score (nSPS) is 17.1. The van der Waals surface area contributed by atoms with Crippen LogP contribution in [-0.4, -0.2) is 37.2 Å². The lowest BCUT2D eigenvalue weighted by Crippen LogP contribution is -2.39. The van der Waals surface area contributed by atoms with Gasteiger partial charge < -0.3 is 15.0 Å². The fourth-order valence-electron chi connectivity index (χ4n) is 2.73. The molecule has 1 aromatic rings. The minimum absolute atomic E-state index is 0.515. The van der Waals surface area contributed by atoms with E-state index in [1.165, 1.54) is 38.9 Å². The highest BCUT2D eigenvalue weighted by atomic mass is 35.5. The van der Waals surface area contributed by atoms with Crippen molar-refractivity contribution >= 4 is 17.3 Å². The summed E-state index contributed by atoms with van der Waals surface area (Å²) in [5, 5.41) is 4.35. The van der Waals surface area contributed by atoms with Gasteiger partial charge >= 0.3 is 0 Å². The number of piperidine rings is 1. The van der Waals surface area contributed by atoms with E-state index in [2.05, 4.69) is 17.1 Å². The molecule has 20 heavy (non-hydrogen) atoms. The van der Waals surface area contributed by atoms with Gasteiger partial charge in [-0.05, 0) is 50.9 Å². The van der Waals surface area contributed by atoms with Crippen LogP contribution in [0.4, 0.5) is 5.69 Å². The maximum atomic E-state index is 6.10. The van der Waals surface area contributed by atoms with Crippen LogP contribution in [0.15, 0.2) is 18.2 Å². The molecule has 1 N–H and O–H groups in total. The second kappa shape index (κ2) is 7.75. The number of benzene rings is 1. The highest BCUT2D eigenvalue weighted by Gasteiger charge is 2.19. The molecule has 1 aliphatic heterocycles. The molecular formula is C16H25ClN2O. The first-order chi connectivity index (χ1) is 9.72. The lowest BCUT2D eigenvalue weighted by molar-refractivity contribution is 0.219. The van der Waals surface area contributed by atoms with Crippen LogP contribution in [0.5, 0.6) is 5.75 Å². The number of nitrogens with one attached hydrogen (secondary N) is 1. The second-order valence-corrected chi connectivity index (χ2v) is 5.77. The smallest absolute Gasteiger partial charge is 0.142 e.